The molecule has 7 rings (SSSR count). The van der Waals surface area contributed by atoms with Gasteiger partial charge in [-0.2, -0.15) is 5.10 Å². The summed E-state index contributed by atoms with van der Waals surface area (Å²) in [6.45, 7) is 3.61. The summed E-state index contributed by atoms with van der Waals surface area (Å²) in [5.74, 6) is -1.26. The molecule has 13 heteroatoms. The lowest BCUT2D eigenvalue weighted by Crippen LogP contribution is -2.41. The van der Waals surface area contributed by atoms with Gasteiger partial charge in [-0.05, 0) is 67.4 Å². The van der Waals surface area contributed by atoms with Crippen LogP contribution in [0.3, 0.4) is 0 Å². The maximum absolute atomic E-state index is 15.7. The number of nitrogens with two attached hydrogens (primary N) is 1. The highest BCUT2D eigenvalue weighted by atomic mass is 19.1. The standard InChI is InChI=1S/C32H28F2N6O5/c33-19-1-3-20(4-2-19)40(31(42)32(10-11-32)30(35)41)21-5-7-24(23(34)17-21)45-25-9-12-36-29-27(25)28(37-38-29)26-8-6-22(44-26)18-39-13-15-43-16-14-39/h1-9,12,17H,10-11,13-16,18H2,(H2,35,41)(H,36,37,38). The van der Waals surface area contributed by atoms with Gasteiger partial charge < -0.3 is 19.6 Å². The number of amides is 2. The molecule has 0 spiro atoms. The summed E-state index contributed by atoms with van der Waals surface area (Å²) >= 11 is 0. The van der Waals surface area contributed by atoms with Crippen LogP contribution in [0.1, 0.15) is 18.6 Å². The fourth-order valence-electron chi connectivity index (χ4n) is 5.46. The Balaban J connectivity index is 1.19. The molecular formula is C32H28F2N6O5. The van der Waals surface area contributed by atoms with Crippen molar-refractivity contribution in [2.75, 3.05) is 31.2 Å². The zero-order chi connectivity index (χ0) is 31.1. The number of H-pyrrole nitrogens is 1. The summed E-state index contributed by atoms with van der Waals surface area (Å²) in [4.78, 5) is 33.5. The highest BCUT2D eigenvalue weighted by Gasteiger charge is 2.57. The Morgan fingerprint density at radius 1 is 1.00 bits per heavy atom. The SMILES string of the molecule is NC(=O)C1(C(=O)N(c2ccc(F)cc2)c2ccc(Oc3ccnc4[nH]nc(-c5ccc(CN6CCOCC6)o5)c34)c(F)c2)CC1. The van der Waals surface area contributed by atoms with E-state index in [1.807, 2.05) is 12.1 Å². The van der Waals surface area contributed by atoms with E-state index >= 15 is 4.39 Å². The Hall–Kier alpha value is -5.14. The number of hydrogen-bond donors (Lipinski definition) is 2. The molecule has 1 saturated carbocycles. The first-order chi connectivity index (χ1) is 21.8. The highest BCUT2D eigenvalue weighted by molar-refractivity contribution is 6.16. The fourth-order valence-corrected chi connectivity index (χ4v) is 5.46. The minimum atomic E-state index is -1.39. The molecule has 0 bridgehead atoms. The number of carbonyl (C=O) groups excluding carboxylic acids is 2. The molecule has 2 aliphatic rings. The van der Waals surface area contributed by atoms with Gasteiger partial charge in [0.1, 0.15) is 28.4 Å². The second-order valence-electron chi connectivity index (χ2n) is 11.0. The number of hydrogen-bond acceptors (Lipinski definition) is 8. The van der Waals surface area contributed by atoms with E-state index in [-0.39, 0.29) is 35.7 Å². The first kappa shape index (κ1) is 28.6. The van der Waals surface area contributed by atoms with Crippen molar-refractivity contribution in [2.45, 2.75) is 19.4 Å². The van der Waals surface area contributed by atoms with Gasteiger partial charge in [0.15, 0.2) is 23.0 Å². The number of carbonyl (C=O) groups is 2. The van der Waals surface area contributed by atoms with Crippen LogP contribution in [0.2, 0.25) is 0 Å². The lowest BCUT2D eigenvalue weighted by Gasteiger charge is -2.26. The number of anilines is 2. The molecule has 0 atom stereocenters. The third-order valence-corrected chi connectivity index (χ3v) is 8.11. The second kappa shape index (κ2) is 11.4. The maximum atomic E-state index is 15.7. The predicted molar refractivity (Wildman–Crippen MR) is 159 cm³/mol. The number of aromatic amines is 1. The first-order valence-electron chi connectivity index (χ1n) is 14.4. The average Bonchev–Trinajstić information content (AvgIpc) is 3.55. The van der Waals surface area contributed by atoms with E-state index in [2.05, 4.69) is 20.1 Å². The van der Waals surface area contributed by atoms with Crippen LogP contribution in [0.4, 0.5) is 20.2 Å². The smallest absolute Gasteiger partial charge is 0.247 e. The molecule has 1 saturated heterocycles. The van der Waals surface area contributed by atoms with Gasteiger partial charge in [0.05, 0.1) is 30.8 Å². The Labute approximate surface area is 255 Å². The third kappa shape index (κ3) is 5.40. The van der Waals surface area contributed by atoms with Crippen LogP contribution in [0.15, 0.2) is 71.3 Å². The van der Waals surface area contributed by atoms with Crippen molar-refractivity contribution >= 4 is 34.2 Å². The average molecular weight is 615 g/mol. The lowest BCUT2D eigenvalue weighted by molar-refractivity contribution is -0.133. The van der Waals surface area contributed by atoms with E-state index in [4.69, 9.17) is 19.6 Å². The maximum Gasteiger partial charge on any atom is 0.247 e. The monoisotopic (exact) mass is 614 g/mol. The Morgan fingerprint density at radius 2 is 1.76 bits per heavy atom. The Morgan fingerprint density at radius 3 is 2.47 bits per heavy atom. The van der Waals surface area contributed by atoms with Crippen molar-refractivity contribution in [3.05, 3.63) is 84.3 Å². The Kier molecular flexibility index (Phi) is 7.26. The number of nitrogens with zero attached hydrogens (tertiary/aromatic N) is 4. The minimum absolute atomic E-state index is 0.122. The number of ether oxygens (including phenoxy) is 2. The molecule has 11 nitrogen and oxygen atoms in total. The van der Waals surface area contributed by atoms with Crippen molar-refractivity contribution in [1.82, 2.24) is 20.1 Å². The van der Waals surface area contributed by atoms with E-state index in [9.17, 15) is 14.0 Å². The van der Waals surface area contributed by atoms with Crippen LogP contribution < -0.4 is 15.4 Å². The number of primary amides is 1. The molecule has 1 aliphatic heterocycles. The summed E-state index contributed by atoms with van der Waals surface area (Å²) < 4.78 is 47.0. The van der Waals surface area contributed by atoms with Crippen molar-refractivity contribution in [3.8, 4) is 23.0 Å². The van der Waals surface area contributed by atoms with Gasteiger partial charge >= 0.3 is 0 Å². The van der Waals surface area contributed by atoms with E-state index < -0.39 is 28.9 Å². The van der Waals surface area contributed by atoms with E-state index in [1.54, 1.807) is 6.07 Å². The van der Waals surface area contributed by atoms with Gasteiger partial charge in [-0.25, -0.2) is 13.8 Å². The summed E-state index contributed by atoms with van der Waals surface area (Å²) in [7, 11) is 0. The summed E-state index contributed by atoms with van der Waals surface area (Å²) in [5.41, 5.74) is 5.41. The number of pyridine rings is 1. The number of nitrogens with one attached hydrogen (secondary N) is 1. The molecule has 45 heavy (non-hydrogen) atoms. The first-order valence-corrected chi connectivity index (χ1v) is 14.4. The molecule has 2 amide bonds. The van der Waals surface area contributed by atoms with Gasteiger partial charge in [-0.1, -0.05) is 0 Å². The molecule has 2 aromatic carbocycles. The molecular weight excluding hydrogens is 586 g/mol. The molecule has 2 fully saturated rings. The molecule has 230 valence electrons. The quantitative estimate of drug-likeness (QED) is 0.220. The zero-order valence-corrected chi connectivity index (χ0v) is 24.0. The van der Waals surface area contributed by atoms with Crippen molar-refractivity contribution in [2.24, 2.45) is 11.1 Å². The number of aromatic nitrogens is 3. The van der Waals surface area contributed by atoms with Crippen molar-refractivity contribution in [1.29, 1.82) is 0 Å². The van der Waals surface area contributed by atoms with Gasteiger partial charge in [0.2, 0.25) is 11.8 Å². The molecule has 0 unspecified atom stereocenters. The zero-order valence-electron chi connectivity index (χ0n) is 24.0. The number of furan rings is 1. The predicted octanol–water partition coefficient (Wildman–Crippen LogP) is 5.05. The molecule has 3 aromatic heterocycles. The van der Waals surface area contributed by atoms with E-state index in [1.165, 1.54) is 47.5 Å². The van der Waals surface area contributed by atoms with E-state index in [0.29, 0.717) is 42.2 Å². The number of fused-ring (bicyclic) bond motifs is 1. The van der Waals surface area contributed by atoms with Crippen LogP contribution in [0.5, 0.6) is 11.5 Å². The molecule has 0 radical (unpaired) electrons. The molecule has 3 N–H and O–H groups in total. The number of benzene rings is 2. The molecule has 4 heterocycles. The normalized spacial score (nSPS) is 16.0. The summed E-state index contributed by atoms with van der Waals surface area (Å²) in [6.07, 6.45) is 2.06. The van der Waals surface area contributed by atoms with Gasteiger partial charge in [0, 0.05) is 31.0 Å². The minimum Gasteiger partial charge on any atom is -0.458 e. The molecule has 1 aliphatic carbocycles. The van der Waals surface area contributed by atoms with E-state index in [0.717, 1.165) is 24.9 Å². The van der Waals surface area contributed by atoms with Crippen molar-refractivity contribution < 1.29 is 32.3 Å². The number of rotatable bonds is 9. The summed E-state index contributed by atoms with van der Waals surface area (Å²) in [5, 5.41) is 7.76. The van der Waals surface area contributed by atoms with Crippen LogP contribution in [0, 0.1) is 17.0 Å². The topological polar surface area (TPSA) is 140 Å². The number of morpholine rings is 1. The van der Waals surface area contributed by atoms with Crippen molar-refractivity contribution in [3.63, 3.8) is 0 Å². The van der Waals surface area contributed by atoms with Crippen LogP contribution in [-0.2, 0) is 20.9 Å². The second-order valence-corrected chi connectivity index (χ2v) is 11.0. The largest absolute Gasteiger partial charge is 0.458 e. The number of halogens is 2. The lowest BCUT2D eigenvalue weighted by atomic mass is 10.0. The fraction of sp³-hybridized carbons (Fsp3) is 0.250. The third-order valence-electron chi connectivity index (χ3n) is 8.11. The summed E-state index contributed by atoms with van der Waals surface area (Å²) in [6, 6.07) is 14.4. The van der Waals surface area contributed by atoms with Crippen LogP contribution in [0.25, 0.3) is 22.5 Å². The van der Waals surface area contributed by atoms with Gasteiger partial charge in [0.25, 0.3) is 0 Å². The van der Waals surface area contributed by atoms with Crippen LogP contribution >= 0.6 is 0 Å². The molecule has 5 aromatic rings. The van der Waals surface area contributed by atoms with Gasteiger partial charge in [-0.3, -0.25) is 24.5 Å². The highest BCUT2D eigenvalue weighted by Crippen LogP contribution is 2.49. The van der Waals surface area contributed by atoms with Crippen LogP contribution in [-0.4, -0.2) is 58.2 Å². The van der Waals surface area contributed by atoms with Gasteiger partial charge in [-0.15, -0.1) is 0 Å². The Bertz CT molecular complexity index is 1900.